The Labute approximate surface area is 155 Å². The molecule has 3 heteroatoms. The number of aryl methyl sites for hydroxylation is 2. The number of pyridine rings is 2. The van der Waals surface area contributed by atoms with Gasteiger partial charge in [0.05, 0.1) is 10.5 Å². The van der Waals surface area contributed by atoms with Gasteiger partial charge in [-0.05, 0) is 61.1 Å². The molecule has 3 aromatic rings. The second kappa shape index (κ2) is 7.13. The van der Waals surface area contributed by atoms with Crippen LogP contribution in [0.2, 0.25) is 5.02 Å². The third-order valence-electron chi connectivity index (χ3n) is 4.80. The van der Waals surface area contributed by atoms with Crippen LogP contribution in [-0.4, -0.2) is 9.97 Å². The van der Waals surface area contributed by atoms with Gasteiger partial charge in [-0.25, -0.2) is 0 Å². The molecule has 3 rings (SSSR count). The standard InChI is InChI=1S/C22H25ClN2/c1-13(2)20-7-6-18-14(3)8-17(11-22(18)25-20)9-16(5)21-10-15(4)19(23)12-24-21/h6-8,10-13,16H,9H2,1-5H3. The Hall–Kier alpha value is -1.93. The number of halogens is 1. The maximum atomic E-state index is 6.10. The predicted octanol–water partition coefficient (Wildman–Crippen LogP) is 6.37. The summed E-state index contributed by atoms with van der Waals surface area (Å²) in [5, 5.41) is 1.96. The van der Waals surface area contributed by atoms with Crippen molar-refractivity contribution in [3.63, 3.8) is 0 Å². The molecule has 0 aliphatic rings. The van der Waals surface area contributed by atoms with Crippen molar-refractivity contribution >= 4 is 22.5 Å². The zero-order valence-corrected chi connectivity index (χ0v) is 16.4. The van der Waals surface area contributed by atoms with Crippen molar-refractivity contribution in [2.75, 3.05) is 0 Å². The molecule has 1 atom stereocenters. The number of benzene rings is 1. The van der Waals surface area contributed by atoms with Crippen LogP contribution in [0.15, 0.2) is 36.5 Å². The number of hydrogen-bond donors (Lipinski definition) is 0. The molecule has 0 bridgehead atoms. The molecular weight excluding hydrogens is 328 g/mol. The van der Waals surface area contributed by atoms with Gasteiger partial charge in [0.1, 0.15) is 0 Å². The van der Waals surface area contributed by atoms with E-state index in [0.717, 1.165) is 33.9 Å². The lowest BCUT2D eigenvalue weighted by Crippen LogP contribution is -2.03. The van der Waals surface area contributed by atoms with Crippen LogP contribution in [0.25, 0.3) is 10.9 Å². The normalized spacial score (nSPS) is 12.8. The molecule has 0 saturated carbocycles. The minimum absolute atomic E-state index is 0.334. The zero-order valence-electron chi connectivity index (χ0n) is 15.6. The second-order valence-electron chi connectivity index (χ2n) is 7.33. The Morgan fingerprint density at radius 3 is 2.40 bits per heavy atom. The summed E-state index contributed by atoms with van der Waals surface area (Å²) in [6.45, 7) is 10.8. The lowest BCUT2D eigenvalue weighted by atomic mass is 9.94. The largest absolute Gasteiger partial charge is 0.259 e. The first kappa shape index (κ1) is 17.9. The van der Waals surface area contributed by atoms with Crippen LogP contribution in [0.4, 0.5) is 0 Å². The number of nitrogens with zero attached hydrogens (tertiary/aromatic N) is 2. The van der Waals surface area contributed by atoms with E-state index < -0.39 is 0 Å². The van der Waals surface area contributed by atoms with Gasteiger partial charge in [-0.1, -0.05) is 44.5 Å². The average Bonchev–Trinajstić information content (AvgIpc) is 2.56. The zero-order chi connectivity index (χ0) is 18.1. The Balaban J connectivity index is 1.93. The molecule has 0 radical (unpaired) electrons. The summed E-state index contributed by atoms with van der Waals surface area (Å²) in [7, 11) is 0. The summed E-state index contributed by atoms with van der Waals surface area (Å²) in [4.78, 5) is 9.38. The molecule has 0 saturated heterocycles. The van der Waals surface area contributed by atoms with Crippen molar-refractivity contribution in [3.8, 4) is 0 Å². The van der Waals surface area contributed by atoms with E-state index in [1.807, 2.05) is 6.92 Å². The first-order chi connectivity index (χ1) is 11.8. The molecule has 0 N–H and O–H groups in total. The molecule has 2 aromatic heterocycles. The van der Waals surface area contributed by atoms with E-state index in [0.29, 0.717) is 11.8 Å². The van der Waals surface area contributed by atoms with Crippen molar-refractivity contribution in [3.05, 3.63) is 69.6 Å². The lowest BCUT2D eigenvalue weighted by molar-refractivity contribution is 0.729. The highest BCUT2D eigenvalue weighted by atomic mass is 35.5. The van der Waals surface area contributed by atoms with Gasteiger partial charge in [0.2, 0.25) is 0 Å². The van der Waals surface area contributed by atoms with Crippen molar-refractivity contribution in [1.29, 1.82) is 0 Å². The van der Waals surface area contributed by atoms with E-state index in [1.54, 1.807) is 6.20 Å². The Bertz CT molecular complexity index is 915. The van der Waals surface area contributed by atoms with Gasteiger partial charge in [-0.15, -0.1) is 0 Å². The summed E-state index contributed by atoms with van der Waals surface area (Å²) in [5.74, 6) is 0.773. The van der Waals surface area contributed by atoms with Gasteiger partial charge in [0.15, 0.2) is 0 Å². The maximum Gasteiger partial charge on any atom is 0.0710 e. The number of rotatable bonds is 4. The van der Waals surface area contributed by atoms with Crippen LogP contribution in [0.3, 0.4) is 0 Å². The van der Waals surface area contributed by atoms with Crippen LogP contribution in [0.5, 0.6) is 0 Å². The lowest BCUT2D eigenvalue weighted by Gasteiger charge is -2.14. The average molecular weight is 353 g/mol. The van der Waals surface area contributed by atoms with Crippen molar-refractivity contribution < 1.29 is 0 Å². The number of fused-ring (bicyclic) bond motifs is 1. The molecule has 1 aromatic carbocycles. The van der Waals surface area contributed by atoms with Crippen molar-refractivity contribution in [2.45, 2.75) is 52.9 Å². The van der Waals surface area contributed by atoms with E-state index in [9.17, 15) is 0 Å². The van der Waals surface area contributed by atoms with Crippen molar-refractivity contribution in [1.82, 2.24) is 9.97 Å². The smallest absolute Gasteiger partial charge is 0.0710 e. The number of aromatic nitrogens is 2. The highest BCUT2D eigenvalue weighted by molar-refractivity contribution is 6.31. The monoisotopic (exact) mass is 352 g/mol. The summed E-state index contributed by atoms with van der Waals surface area (Å²) in [6.07, 6.45) is 2.70. The van der Waals surface area contributed by atoms with Gasteiger partial charge in [0, 0.05) is 28.9 Å². The van der Waals surface area contributed by atoms with E-state index in [-0.39, 0.29) is 0 Å². The molecule has 0 aliphatic carbocycles. The first-order valence-corrected chi connectivity index (χ1v) is 9.25. The van der Waals surface area contributed by atoms with Gasteiger partial charge in [0.25, 0.3) is 0 Å². The van der Waals surface area contributed by atoms with Gasteiger partial charge >= 0.3 is 0 Å². The molecule has 1 unspecified atom stereocenters. The maximum absolute atomic E-state index is 6.10. The minimum Gasteiger partial charge on any atom is -0.259 e. The summed E-state index contributed by atoms with van der Waals surface area (Å²) in [5.41, 5.74) is 6.99. The van der Waals surface area contributed by atoms with Crippen LogP contribution in [0.1, 0.15) is 60.7 Å². The first-order valence-electron chi connectivity index (χ1n) is 8.87. The molecule has 0 amide bonds. The predicted molar refractivity (Wildman–Crippen MR) is 107 cm³/mol. The van der Waals surface area contributed by atoms with E-state index in [4.69, 9.17) is 16.6 Å². The quantitative estimate of drug-likeness (QED) is 0.545. The molecule has 2 heterocycles. The number of hydrogen-bond acceptors (Lipinski definition) is 2. The van der Waals surface area contributed by atoms with E-state index in [2.05, 4.69) is 63.0 Å². The highest BCUT2D eigenvalue weighted by Gasteiger charge is 2.12. The molecule has 25 heavy (non-hydrogen) atoms. The fourth-order valence-corrected chi connectivity index (χ4v) is 3.34. The van der Waals surface area contributed by atoms with E-state index in [1.165, 1.54) is 16.5 Å². The third kappa shape index (κ3) is 3.85. The molecule has 0 spiro atoms. The van der Waals surface area contributed by atoms with Crippen LogP contribution >= 0.6 is 11.6 Å². The Morgan fingerprint density at radius 1 is 0.960 bits per heavy atom. The molecule has 130 valence electrons. The Kier molecular flexibility index (Phi) is 5.10. The fraction of sp³-hybridized carbons (Fsp3) is 0.364. The molecule has 0 fully saturated rings. The highest BCUT2D eigenvalue weighted by Crippen LogP contribution is 2.27. The van der Waals surface area contributed by atoms with Gasteiger partial charge in [-0.3, -0.25) is 9.97 Å². The van der Waals surface area contributed by atoms with Crippen molar-refractivity contribution in [2.24, 2.45) is 0 Å². The Morgan fingerprint density at radius 2 is 1.72 bits per heavy atom. The summed E-state index contributed by atoms with van der Waals surface area (Å²) in [6, 6.07) is 10.9. The minimum atomic E-state index is 0.334. The second-order valence-corrected chi connectivity index (χ2v) is 7.74. The molecule has 2 nitrogen and oxygen atoms in total. The van der Waals surface area contributed by atoms with Gasteiger partial charge in [-0.2, -0.15) is 0 Å². The SMILES string of the molecule is Cc1cc(C(C)Cc2cc(C)c3ccc(C(C)C)nc3c2)ncc1Cl. The van der Waals surface area contributed by atoms with Gasteiger partial charge < -0.3 is 0 Å². The van der Waals surface area contributed by atoms with Crippen LogP contribution in [0, 0.1) is 13.8 Å². The molecular formula is C22H25ClN2. The summed E-state index contributed by atoms with van der Waals surface area (Å²) < 4.78 is 0. The van der Waals surface area contributed by atoms with E-state index >= 15 is 0 Å². The fourth-order valence-electron chi connectivity index (χ4n) is 3.24. The van der Waals surface area contributed by atoms with Crippen LogP contribution < -0.4 is 0 Å². The third-order valence-corrected chi connectivity index (χ3v) is 5.20. The molecule has 0 aliphatic heterocycles. The summed E-state index contributed by atoms with van der Waals surface area (Å²) >= 11 is 6.10. The van der Waals surface area contributed by atoms with Crippen LogP contribution in [-0.2, 0) is 6.42 Å². The topological polar surface area (TPSA) is 25.8 Å².